The first-order valence-corrected chi connectivity index (χ1v) is 9.42. The number of hydrogen-bond donors (Lipinski definition) is 1. The fourth-order valence-electron chi connectivity index (χ4n) is 3.75. The highest BCUT2D eigenvalue weighted by Gasteiger charge is 2.22. The van der Waals surface area contributed by atoms with Crippen LogP contribution in [0.5, 0.6) is 0 Å². The van der Waals surface area contributed by atoms with E-state index in [9.17, 15) is 0 Å². The molecule has 2 heterocycles. The van der Waals surface area contributed by atoms with Crippen LogP contribution in [-0.4, -0.2) is 61.7 Å². The van der Waals surface area contributed by atoms with E-state index in [2.05, 4.69) is 29.0 Å². The van der Waals surface area contributed by atoms with E-state index in [4.69, 9.17) is 0 Å². The van der Waals surface area contributed by atoms with Gasteiger partial charge in [0.1, 0.15) is 0 Å². The van der Waals surface area contributed by atoms with Gasteiger partial charge in [-0.15, -0.1) is 0 Å². The monoisotopic (exact) mass is 295 g/mol. The molecular formula is C18H37N3. The van der Waals surface area contributed by atoms with Crippen LogP contribution in [0.3, 0.4) is 0 Å². The Kier molecular flexibility index (Phi) is 8.05. The molecule has 21 heavy (non-hydrogen) atoms. The first kappa shape index (κ1) is 17.2. The van der Waals surface area contributed by atoms with Gasteiger partial charge in [0.2, 0.25) is 0 Å². The summed E-state index contributed by atoms with van der Waals surface area (Å²) in [4.78, 5) is 5.40. The SMILES string of the molecule is CC(C)NCCCCCN1CCC(CN2CCCC2)CC1. The quantitative estimate of drug-likeness (QED) is 0.660. The van der Waals surface area contributed by atoms with Crippen molar-refractivity contribution in [2.45, 2.75) is 64.8 Å². The maximum Gasteiger partial charge on any atom is 0.00106 e. The molecular weight excluding hydrogens is 258 g/mol. The molecule has 2 saturated heterocycles. The van der Waals surface area contributed by atoms with E-state index in [-0.39, 0.29) is 0 Å². The van der Waals surface area contributed by atoms with Gasteiger partial charge >= 0.3 is 0 Å². The molecule has 2 aliphatic rings. The molecule has 2 aliphatic heterocycles. The Hall–Kier alpha value is -0.120. The number of hydrogen-bond acceptors (Lipinski definition) is 3. The lowest BCUT2D eigenvalue weighted by atomic mass is 9.96. The largest absolute Gasteiger partial charge is 0.315 e. The second kappa shape index (κ2) is 9.81. The van der Waals surface area contributed by atoms with Gasteiger partial charge in [0.25, 0.3) is 0 Å². The van der Waals surface area contributed by atoms with E-state index >= 15 is 0 Å². The van der Waals surface area contributed by atoms with Crippen molar-refractivity contribution in [3.05, 3.63) is 0 Å². The van der Waals surface area contributed by atoms with Crippen LogP contribution in [0.2, 0.25) is 0 Å². The van der Waals surface area contributed by atoms with E-state index in [1.807, 2.05) is 0 Å². The minimum atomic E-state index is 0.639. The van der Waals surface area contributed by atoms with Gasteiger partial charge in [-0.05, 0) is 83.7 Å². The van der Waals surface area contributed by atoms with Crippen LogP contribution in [0, 0.1) is 5.92 Å². The lowest BCUT2D eigenvalue weighted by molar-refractivity contribution is 0.152. The highest BCUT2D eigenvalue weighted by molar-refractivity contribution is 4.77. The van der Waals surface area contributed by atoms with Crippen molar-refractivity contribution in [3.8, 4) is 0 Å². The summed E-state index contributed by atoms with van der Waals surface area (Å²) in [7, 11) is 0. The average molecular weight is 296 g/mol. The normalized spacial score (nSPS) is 22.4. The Labute approximate surface area is 132 Å². The maximum atomic E-state index is 3.51. The van der Waals surface area contributed by atoms with Gasteiger partial charge in [-0.3, -0.25) is 0 Å². The summed E-state index contributed by atoms with van der Waals surface area (Å²) < 4.78 is 0. The van der Waals surface area contributed by atoms with Crippen LogP contribution in [0.15, 0.2) is 0 Å². The second-order valence-corrected chi connectivity index (χ2v) is 7.46. The Morgan fingerprint density at radius 1 is 0.905 bits per heavy atom. The lowest BCUT2D eigenvalue weighted by Crippen LogP contribution is -2.38. The van der Waals surface area contributed by atoms with Gasteiger partial charge in [0, 0.05) is 12.6 Å². The summed E-state index contributed by atoms with van der Waals surface area (Å²) in [5.74, 6) is 0.981. The van der Waals surface area contributed by atoms with E-state index in [0.717, 1.165) is 5.92 Å². The van der Waals surface area contributed by atoms with Gasteiger partial charge in [-0.25, -0.2) is 0 Å². The molecule has 3 heteroatoms. The molecule has 0 spiro atoms. The lowest BCUT2D eigenvalue weighted by Gasteiger charge is -2.33. The Balaban J connectivity index is 1.45. The van der Waals surface area contributed by atoms with Crippen molar-refractivity contribution in [1.82, 2.24) is 15.1 Å². The summed E-state index contributed by atoms with van der Waals surface area (Å²) in [6, 6.07) is 0.639. The summed E-state index contributed by atoms with van der Waals surface area (Å²) in [6.45, 7) is 13.8. The number of unbranched alkanes of at least 4 members (excludes halogenated alkanes) is 2. The van der Waals surface area contributed by atoms with Crippen LogP contribution in [0.4, 0.5) is 0 Å². The number of piperidine rings is 1. The van der Waals surface area contributed by atoms with Gasteiger partial charge in [0.15, 0.2) is 0 Å². The predicted octanol–water partition coefficient (Wildman–Crippen LogP) is 2.96. The molecule has 0 amide bonds. The molecule has 0 radical (unpaired) electrons. The van der Waals surface area contributed by atoms with E-state index < -0.39 is 0 Å². The zero-order valence-corrected chi connectivity index (χ0v) is 14.4. The van der Waals surface area contributed by atoms with Crippen molar-refractivity contribution in [3.63, 3.8) is 0 Å². The third-order valence-corrected chi connectivity index (χ3v) is 5.13. The van der Waals surface area contributed by atoms with Gasteiger partial charge < -0.3 is 15.1 Å². The Morgan fingerprint density at radius 2 is 1.62 bits per heavy atom. The third kappa shape index (κ3) is 7.12. The van der Waals surface area contributed by atoms with E-state index in [1.165, 1.54) is 90.8 Å². The standard InChI is InChI=1S/C18H37N3/c1-17(2)19-10-4-3-5-11-20-14-8-18(9-15-20)16-21-12-6-7-13-21/h17-19H,3-16H2,1-2H3. The van der Waals surface area contributed by atoms with E-state index in [1.54, 1.807) is 0 Å². The molecule has 3 nitrogen and oxygen atoms in total. The molecule has 0 unspecified atom stereocenters. The van der Waals surface area contributed by atoms with Crippen molar-refractivity contribution in [2.75, 3.05) is 45.8 Å². The molecule has 0 atom stereocenters. The zero-order chi connectivity index (χ0) is 14.9. The average Bonchev–Trinajstić information content (AvgIpc) is 2.97. The summed E-state index contributed by atoms with van der Waals surface area (Å²) >= 11 is 0. The highest BCUT2D eigenvalue weighted by Crippen LogP contribution is 2.20. The van der Waals surface area contributed by atoms with E-state index in [0.29, 0.717) is 6.04 Å². The molecule has 2 fully saturated rings. The predicted molar refractivity (Wildman–Crippen MR) is 91.8 cm³/mol. The molecule has 1 N–H and O–H groups in total. The fraction of sp³-hybridized carbons (Fsp3) is 1.00. The summed E-state index contributed by atoms with van der Waals surface area (Å²) in [5.41, 5.74) is 0. The van der Waals surface area contributed by atoms with Crippen LogP contribution >= 0.6 is 0 Å². The summed E-state index contributed by atoms with van der Waals surface area (Å²) in [6.07, 6.45) is 9.85. The van der Waals surface area contributed by atoms with Crippen LogP contribution in [0.25, 0.3) is 0 Å². The fourth-order valence-corrected chi connectivity index (χ4v) is 3.75. The van der Waals surface area contributed by atoms with Crippen LogP contribution in [0.1, 0.15) is 58.8 Å². The van der Waals surface area contributed by atoms with Gasteiger partial charge in [-0.1, -0.05) is 20.3 Å². The van der Waals surface area contributed by atoms with Crippen LogP contribution in [-0.2, 0) is 0 Å². The van der Waals surface area contributed by atoms with Crippen molar-refractivity contribution in [1.29, 1.82) is 0 Å². The van der Waals surface area contributed by atoms with Crippen LogP contribution < -0.4 is 5.32 Å². The molecule has 124 valence electrons. The smallest absolute Gasteiger partial charge is 0.00106 e. The first-order valence-electron chi connectivity index (χ1n) is 9.42. The van der Waals surface area contributed by atoms with Crippen molar-refractivity contribution >= 4 is 0 Å². The Morgan fingerprint density at radius 3 is 2.29 bits per heavy atom. The minimum absolute atomic E-state index is 0.639. The number of nitrogens with zero attached hydrogens (tertiary/aromatic N) is 2. The van der Waals surface area contributed by atoms with Crippen molar-refractivity contribution < 1.29 is 0 Å². The highest BCUT2D eigenvalue weighted by atomic mass is 15.2. The molecule has 2 rings (SSSR count). The number of nitrogens with one attached hydrogen (secondary N) is 1. The summed E-state index contributed by atoms with van der Waals surface area (Å²) in [5, 5.41) is 3.51. The first-order chi connectivity index (χ1) is 10.2. The molecule has 0 saturated carbocycles. The molecule has 0 aliphatic carbocycles. The number of likely N-dealkylation sites (tertiary alicyclic amines) is 2. The third-order valence-electron chi connectivity index (χ3n) is 5.13. The molecule has 0 aromatic carbocycles. The molecule has 0 aromatic rings. The maximum absolute atomic E-state index is 3.51. The zero-order valence-electron chi connectivity index (χ0n) is 14.4. The molecule has 0 bridgehead atoms. The van der Waals surface area contributed by atoms with Gasteiger partial charge in [0.05, 0.1) is 0 Å². The van der Waals surface area contributed by atoms with Crippen molar-refractivity contribution in [2.24, 2.45) is 5.92 Å². The molecule has 0 aromatic heterocycles. The Bertz CT molecular complexity index is 253. The number of rotatable bonds is 9. The minimum Gasteiger partial charge on any atom is -0.315 e. The topological polar surface area (TPSA) is 18.5 Å². The second-order valence-electron chi connectivity index (χ2n) is 7.46. The van der Waals surface area contributed by atoms with Gasteiger partial charge in [-0.2, -0.15) is 0 Å².